The molecule has 3 N–H and O–H groups in total. The molecular formula is C5H6O6. The molecule has 0 saturated carbocycles. The lowest BCUT2D eigenvalue weighted by Gasteiger charge is -2.06. The number of esters is 1. The van der Waals surface area contributed by atoms with Crippen molar-refractivity contribution < 1.29 is 29.6 Å². The maximum atomic E-state index is 10.4. The second-order valence-electron chi connectivity index (χ2n) is 2.13. The number of carbonyl (C=O) groups excluding carboxylic acids is 1. The molecule has 0 bridgehead atoms. The number of hydrogen-bond donors (Lipinski definition) is 3. The number of aliphatic hydroxyl groups excluding tert-OH is 2. The van der Waals surface area contributed by atoms with Crippen molar-refractivity contribution in [3.8, 4) is 0 Å². The van der Waals surface area contributed by atoms with Crippen LogP contribution in [0.2, 0.25) is 0 Å². The summed E-state index contributed by atoms with van der Waals surface area (Å²) in [6.45, 7) is 0. The van der Waals surface area contributed by atoms with Gasteiger partial charge in [0.15, 0.2) is 6.10 Å². The Balaban J connectivity index is 2.74. The monoisotopic (exact) mass is 162 g/mol. The molecule has 6 nitrogen and oxygen atoms in total. The first-order valence-corrected chi connectivity index (χ1v) is 2.83. The van der Waals surface area contributed by atoms with E-state index >= 15 is 0 Å². The molecule has 0 unspecified atom stereocenters. The molecule has 3 atom stereocenters. The molecule has 0 aromatic heterocycles. The van der Waals surface area contributed by atoms with Gasteiger partial charge in [-0.05, 0) is 0 Å². The topological polar surface area (TPSA) is 104 Å². The molecule has 0 spiro atoms. The van der Waals surface area contributed by atoms with Crippen LogP contribution in [0.4, 0.5) is 0 Å². The van der Waals surface area contributed by atoms with Gasteiger partial charge >= 0.3 is 11.9 Å². The van der Waals surface area contributed by atoms with Gasteiger partial charge in [-0.15, -0.1) is 0 Å². The summed E-state index contributed by atoms with van der Waals surface area (Å²) in [5.41, 5.74) is 0. The maximum absolute atomic E-state index is 10.4. The molecule has 1 heterocycles. The van der Waals surface area contributed by atoms with Crippen molar-refractivity contribution in [3.63, 3.8) is 0 Å². The first-order chi connectivity index (χ1) is 5.04. The minimum atomic E-state index is -1.74. The van der Waals surface area contributed by atoms with Crippen LogP contribution in [-0.2, 0) is 14.3 Å². The Hall–Kier alpha value is -1.14. The predicted molar refractivity (Wildman–Crippen MR) is 29.5 cm³/mol. The van der Waals surface area contributed by atoms with Gasteiger partial charge in [-0.25, -0.2) is 9.59 Å². The predicted octanol–water partition coefficient (Wildman–Crippen LogP) is -2.28. The third kappa shape index (κ3) is 1.17. The van der Waals surface area contributed by atoms with E-state index in [-0.39, 0.29) is 0 Å². The lowest BCUT2D eigenvalue weighted by Crippen LogP contribution is -2.35. The van der Waals surface area contributed by atoms with Crippen LogP contribution in [0.5, 0.6) is 0 Å². The summed E-state index contributed by atoms with van der Waals surface area (Å²) in [7, 11) is 0. The summed E-state index contributed by atoms with van der Waals surface area (Å²) in [4.78, 5) is 20.6. The molecule has 1 saturated heterocycles. The van der Waals surface area contributed by atoms with E-state index in [9.17, 15) is 9.59 Å². The van der Waals surface area contributed by atoms with Crippen LogP contribution < -0.4 is 0 Å². The highest BCUT2D eigenvalue weighted by molar-refractivity contribution is 5.85. The first-order valence-electron chi connectivity index (χ1n) is 2.83. The number of carbonyl (C=O) groups is 2. The molecule has 0 aromatic carbocycles. The van der Waals surface area contributed by atoms with Crippen molar-refractivity contribution in [1.29, 1.82) is 0 Å². The maximum Gasteiger partial charge on any atom is 0.347 e. The summed E-state index contributed by atoms with van der Waals surface area (Å²) in [5, 5.41) is 25.8. The highest BCUT2D eigenvalue weighted by Gasteiger charge is 2.46. The SMILES string of the molecule is O=C1O[C@@H](C(=O)O)[C@@H](O)[C@@H]1O. The van der Waals surface area contributed by atoms with Crippen LogP contribution in [0, 0.1) is 0 Å². The Labute approximate surface area is 61.0 Å². The second kappa shape index (κ2) is 2.48. The largest absolute Gasteiger partial charge is 0.478 e. The fourth-order valence-electron chi connectivity index (χ4n) is 0.766. The second-order valence-corrected chi connectivity index (χ2v) is 2.13. The Morgan fingerprint density at radius 3 is 2.18 bits per heavy atom. The summed E-state index contributed by atoms with van der Waals surface area (Å²) in [5.74, 6) is -2.58. The van der Waals surface area contributed by atoms with E-state index in [1.165, 1.54) is 0 Å². The molecule has 11 heavy (non-hydrogen) atoms. The van der Waals surface area contributed by atoms with Crippen molar-refractivity contribution in [2.75, 3.05) is 0 Å². The number of cyclic esters (lactones) is 1. The number of carboxylic acid groups (broad SMARTS) is 1. The summed E-state index contributed by atoms with van der Waals surface area (Å²) < 4.78 is 4.11. The van der Waals surface area contributed by atoms with Crippen LogP contribution >= 0.6 is 0 Å². The number of hydrogen-bond acceptors (Lipinski definition) is 5. The molecule has 1 fully saturated rings. The van der Waals surface area contributed by atoms with Crippen molar-refractivity contribution in [2.45, 2.75) is 18.3 Å². The molecule has 62 valence electrons. The van der Waals surface area contributed by atoms with Gasteiger partial charge in [-0.2, -0.15) is 0 Å². The summed E-state index contributed by atoms with van der Waals surface area (Å²) in [6.07, 6.45) is -5.05. The van der Waals surface area contributed by atoms with Gasteiger partial charge in [0.1, 0.15) is 6.10 Å². The van der Waals surface area contributed by atoms with Crippen molar-refractivity contribution >= 4 is 11.9 Å². The van der Waals surface area contributed by atoms with E-state index in [1.54, 1.807) is 0 Å². The van der Waals surface area contributed by atoms with Crippen LogP contribution in [0.1, 0.15) is 0 Å². The van der Waals surface area contributed by atoms with E-state index in [4.69, 9.17) is 15.3 Å². The quantitative estimate of drug-likeness (QED) is 0.375. The normalized spacial score (nSPS) is 36.9. The number of carboxylic acids is 1. The highest BCUT2D eigenvalue weighted by Crippen LogP contribution is 2.15. The van der Waals surface area contributed by atoms with Crippen LogP contribution in [0.15, 0.2) is 0 Å². The Bertz CT molecular complexity index is 199. The van der Waals surface area contributed by atoms with Gasteiger partial charge in [-0.3, -0.25) is 0 Å². The van der Waals surface area contributed by atoms with E-state index in [1.807, 2.05) is 0 Å². The van der Waals surface area contributed by atoms with E-state index in [0.717, 1.165) is 0 Å². The van der Waals surface area contributed by atoms with E-state index in [0.29, 0.717) is 0 Å². The number of aliphatic hydroxyl groups is 2. The first kappa shape index (κ1) is 7.96. The minimum Gasteiger partial charge on any atom is -0.478 e. The van der Waals surface area contributed by atoms with E-state index in [2.05, 4.69) is 4.74 Å². The number of rotatable bonds is 1. The molecule has 0 radical (unpaired) electrons. The van der Waals surface area contributed by atoms with Crippen LogP contribution in [0.3, 0.4) is 0 Å². The van der Waals surface area contributed by atoms with Crippen molar-refractivity contribution in [1.82, 2.24) is 0 Å². The van der Waals surface area contributed by atoms with Crippen LogP contribution in [-0.4, -0.2) is 45.6 Å². The Morgan fingerprint density at radius 2 is 2.00 bits per heavy atom. The smallest absolute Gasteiger partial charge is 0.347 e. The third-order valence-corrected chi connectivity index (χ3v) is 1.36. The molecule has 1 rings (SSSR count). The Morgan fingerprint density at radius 1 is 1.45 bits per heavy atom. The van der Waals surface area contributed by atoms with Crippen molar-refractivity contribution in [3.05, 3.63) is 0 Å². The molecule has 6 heteroatoms. The highest BCUT2D eigenvalue weighted by atomic mass is 16.6. The molecule has 0 amide bonds. The van der Waals surface area contributed by atoms with Gasteiger partial charge < -0.3 is 20.1 Å². The molecule has 1 aliphatic heterocycles. The molecular weight excluding hydrogens is 156 g/mol. The zero-order chi connectivity index (χ0) is 8.59. The third-order valence-electron chi connectivity index (χ3n) is 1.36. The van der Waals surface area contributed by atoms with Crippen molar-refractivity contribution in [2.24, 2.45) is 0 Å². The fourth-order valence-corrected chi connectivity index (χ4v) is 0.766. The number of ether oxygens (including phenoxy) is 1. The fraction of sp³-hybridized carbons (Fsp3) is 0.600. The standard InChI is InChI=1S/C5H6O6/c6-1-2(7)5(10)11-3(1)4(8)9/h1-3,6-7H,(H,8,9)/t1-,2-,3+/m0/s1. The van der Waals surface area contributed by atoms with Gasteiger partial charge in [0, 0.05) is 0 Å². The lowest BCUT2D eigenvalue weighted by molar-refractivity contribution is -0.159. The van der Waals surface area contributed by atoms with Gasteiger partial charge in [0.05, 0.1) is 0 Å². The molecule has 0 aromatic rings. The summed E-state index contributed by atoms with van der Waals surface area (Å²) in [6, 6.07) is 0. The zero-order valence-electron chi connectivity index (χ0n) is 5.30. The zero-order valence-corrected chi connectivity index (χ0v) is 5.30. The van der Waals surface area contributed by atoms with Gasteiger partial charge in [0.25, 0.3) is 0 Å². The van der Waals surface area contributed by atoms with Gasteiger partial charge in [-0.1, -0.05) is 0 Å². The lowest BCUT2D eigenvalue weighted by atomic mass is 10.1. The average molecular weight is 162 g/mol. The molecule has 1 aliphatic rings. The van der Waals surface area contributed by atoms with Gasteiger partial charge in [0.2, 0.25) is 6.10 Å². The molecule has 0 aliphatic carbocycles. The van der Waals surface area contributed by atoms with E-state index < -0.39 is 30.3 Å². The number of aliphatic carboxylic acids is 1. The minimum absolute atomic E-state index is 1.11. The van der Waals surface area contributed by atoms with Crippen LogP contribution in [0.25, 0.3) is 0 Å². The summed E-state index contributed by atoms with van der Waals surface area (Å²) >= 11 is 0. The average Bonchev–Trinajstić information content (AvgIpc) is 2.17. The Kier molecular flexibility index (Phi) is 1.79.